The number of benzene rings is 3. The summed E-state index contributed by atoms with van der Waals surface area (Å²) in [7, 11) is -4.01. The number of nitrogens with one attached hydrogen (secondary N) is 2. The van der Waals surface area contributed by atoms with Crippen molar-refractivity contribution in [1.82, 2.24) is 20.1 Å². The van der Waals surface area contributed by atoms with Gasteiger partial charge in [0.05, 0.1) is 11.4 Å². The monoisotopic (exact) mass is 508 g/mol. The van der Waals surface area contributed by atoms with Crippen LogP contribution in [0.1, 0.15) is 43.7 Å². The number of amides is 3. The fourth-order valence-electron chi connectivity index (χ4n) is 4.28. The number of sulfonamides is 1. The van der Waals surface area contributed by atoms with E-state index in [4.69, 9.17) is 0 Å². The van der Waals surface area contributed by atoms with Crippen molar-refractivity contribution in [2.75, 3.05) is 13.1 Å². The number of rotatable bonds is 7. The SMILES string of the molecule is CC(=O)NCc1ccc(CN(NS(=O)(=O)c2ccc3ccccc3c2)C(=O)N2CCCCCC2)cc1. The fourth-order valence-corrected chi connectivity index (χ4v) is 5.34. The summed E-state index contributed by atoms with van der Waals surface area (Å²) >= 11 is 0. The maximum absolute atomic E-state index is 13.5. The highest BCUT2D eigenvalue weighted by atomic mass is 32.2. The van der Waals surface area contributed by atoms with E-state index in [0.29, 0.717) is 19.6 Å². The van der Waals surface area contributed by atoms with Gasteiger partial charge in [0.2, 0.25) is 5.91 Å². The van der Waals surface area contributed by atoms with Crippen LogP contribution in [0.2, 0.25) is 0 Å². The molecular weight excluding hydrogens is 476 g/mol. The highest BCUT2D eigenvalue weighted by molar-refractivity contribution is 7.89. The molecule has 3 amide bonds. The Labute approximate surface area is 212 Å². The molecule has 4 rings (SSSR count). The van der Waals surface area contributed by atoms with E-state index >= 15 is 0 Å². The average Bonchev–Trinajstić information content (AvgIpc) is 3.17. The highest BCUT2D eigenvalue weighted by Crippen LogP contribution is 2.20. The predicted octanol–water partition coefficient (Wildman–Crippen LogP) is 4.17. The molecule has 0 atom stereocenters. The van der Waals surface area contributed by atoms with Gasteiger partial charge in [-0.25, -0.2) is 18.2 Å². The van der Waals surface area contributed by atoms with Crippen LogP contribution in [0, 0.1) is 0 Å². The number of hydrogen-bond donors (Lipinski definition) is 2. The quantitative estimate of drug-likeness (QED) is 0.468. The minimum Gasteiger partial charge on any atom is -0.352 e. The van der Waals surface area contributed by atoms with Crippen molar-refractivity contribution >= 4 is 32.7 Å². The lowest BCUT2D eigenvalue weighted by Gasteiger charge is -2.30. The van der Waals surface area contributed by atoms with E-state index in [0.717, 1.165) is 47.6 Å². The first-order valence-corrected chi connectivity index (χ1v) is 13.7. The van der Waals surface area contributed by atoms with Crippen LogP contribution in [0.4, 0.5) is 4.79 Å². The fraction of sp³-hybridized carbons (Fsp3) is 0.333. The van der Waals surface area contributed by atoms with Crippen molar-refractivity contribution in [3.8, 4) is 0 Å². The maximum Gasteiger partial charge on any atom is 0.335 e. The Bertz CT molecular complexity index is 1320. The van der Waals surface area contributed by atoms with Crippen LogP contribution in [0.25, 0.3) is 10.8 Å². The zero-order valence-corrected chi connectivity index (χ0v) is 21.3. The van der Waals surface area contributed by atoms with Gasteiger partial charge in [-0.3, -0.25) is 4.79 Å². The summed E-state index contributed by atoms with van der Waals surface area (Å²) < 4.78 is 26.7. The predicted molar refractivity (Wildman–Crippen MR) is 139 cm³/mol. The molecular formula is C27H32N4O4S. The second-order valence-corrected chi connectivity index (χ2v) is 10.8. The first-order valence-electron chi connectivity index (χ1n) is 12.2. The molecule has 9 heteroatoms. The molecule has 0 aliphatic carbocycles. The van der Waals surface area contributed by atoms with Crippen molar-refractivity contribution in [3.63, 3.8) is 0 Å². The van der Waals surface area contributed by atoms with Crippen molar-refractivity contribution in [2.24, 2.45) is 0 Å². The number of carbonyl (C=O) groups is 2. The first-order chi connectivity index (χ1) is 17.3. The summed E-state index contributed by atoms with van der Waals surface area (Å²) in [5.41, 5.74) is 1.68. The third-order valence-electron chi connectivity index (χ3n) is 6.27. The molecule has 1 fully saturated rings. The van der Waals surface area contributed by atoms with Crippen molar-refractivity contribution in [1.29, 1.82) is 0 Å². The summed E-state index contributed by atoms with van der Waals surface area (Å²) in [6.07, 6.45) is 3.91. The van der Waals surface area contributed by atoms with Crippen LogP contribution < -0.4 is 10.1 Å². The molecule has 2 N–H and O–H groups in total. The number of likely N-dealkylation sites (tertiary alicyclic amines) is 1. The summed E-state index contributed by atoms with van der Waals surface area (Å²) in [6.45, 7) is 3.14. The van der Waals surface area contributed by atoms with Gasteiger partial charge in [0.25, 0.3) is 10.0 Å². The molecule has 0 aromatic heterocycles. The Morgan fingerprint density at radius 1 is 0.861 bits per heavy atom. The van der Waals surface area contributed by atoms with Gasteiger partial charge in [0.15, 0.2) is 0 Å². The second kappa shape index (κ2) is 11.5. The molecule has 36 heavy (non-hydrogen) atoms. The Morgan fingerprint density at radius 2 is 1.50 bits per heavy atom. The molecule has 190 valence electrons. The molecule has 0 unspecified atom stereocenters. The number of hydrogen-bond acceptors (Lipinski definition) is 4. The van der Waals surface area contributed by atoms with E-state index in [1.807, 2.05) is 48.5 Å². The van der Waals surface area contributed by atoms with Gasteiger partial charge < -0.3 is 10.2 Å². The van der Waals surface area contributed by atoms with Gasteiger partial charge in [-0.05, 0) is 46.9 Å². The molecule has 0 saturated carbocycles. The second-order valence-electron chi connectivity index (χ2n) is 9.10. The van der Waals surface area contributed by atoms with E-state index in [9.17, 15) is 18.0 Å². The Balaban J connectivity index is 1.58. The normalized spacial score (nSPS) is 14.3. The lowest BCUT2D eigenvalue weighted by atomic mass is 10.1. The molecule has 3 aromatic carbocycles. The number of hydrazine groups is 1. The molecule has 0 radical (unpaired) electrons. The Hall–Kier alpha value is -3.43. The number of nitrogens with zero attached hydrogens (tertiary/aromatic N) is 2. The number of carbonyl (C=O) groups excluding carboxylic acids is 2. The third kappa shape index (κ3) is 6.61. The lowest BCUT2D eigenvalue weighted by Crippen LogP contribution is -2.51. The largest absolute Gasteiger partial charge is 0.352 e. The lowest BCUT2D eigenvalue weighted by molar-refractivity contribution is -0.119. The molecule has 1 aliphatic heterocycles. The molecule has 0 spiro atoms. The van der Waals surface area contributed by atoms with Gasteiger partial charge in [-0.2, -0.15) is 0 Å². The van der Waals surface area contributed by atoms with Crippen LogP contribution in [-0.2, 0) is 27.9 Å². The smallest absolute Gasteiger partial charge is 0.335 e. The van der Waals surface area contributed by atoms with Crippen LogP contribution >= 0.6 is 0 Å². The summed E-state index contributed by atoms with van der Waals surface area (Å²) in [4.78, 5) is 29.0. The van der Waals surface area contributed by atoms with Crippen LogP contribution in [0.3, 0.4) is 0 Å². The van der Waals surface area contributed by atoms with Gasteiger partial charge in [0, 0.05) is 26.6 Å². The zero-order chi connectivity index (χ0) is 25.5. The zero-order valence-electron chi connectivity index (χ0n) is 20.4. The van der Waals surface area contributed by atoms with Gasteiger partial charge in [-0.1, -0.05) is 67.4 Å². The highest BCUT2D eigenvalue weighted by Gasteiger charge is 2.27. The Morgan fingerprint density at radius 3 is 2.17 bits per heavy atom. The van der Waals surface area contributed by atoms with Gasteiger partial charge in [-0.15, -0.1) is 4.83 Å². The Kier molecular flexibility index (Phi) is 8.22. The topological polar surface area (TPSA) is 98.8 Å². The van der Waals surface area contributed by atoms with Crippen molar-refractivity contribution in [3.05, 3.63) is 77.9 Å². The minimum absolute atomic E-state index is 0.0720. The van der Waals surface area contributed by atoms with E-state index in [-0.39, 0.29) is 23.4 Å². The molecule has 0 bridgehead atoms. The summed E-state index contributed by atoms with van der Waals surface area (Å²) in [5, 5.41) is 5.69. The van der Waals surface area contributed by atoms with Crippen molar-refractivity contribution in [2.45, 2.75) is 50.6 Å². The van der Waals surface area contributed by atoms with Crippen LogP contribution in [-0.4, -0.2) is 43.4 Å². The van der Waals surface area contributed by atoms with Gasteiger partial charge in [0.1, 0.15) is 0 Å². The standard InChI is InChI=1S/C27H32N4O4S/c1-21(32)28-19-22-10-12-23(13-11-22)20-31(27(33)30-16-6-2-3-7-17-30)29-36(34,35)26-15-14-24-8-4-5-9-25(24)18-26/h4-5,8-15,18,29H,2-3,6-7,16-17,19-20H2,1H3,(H,28,32). The first kappa shape index (κ1) is 25.7. The average molecular weight is 509 g/mol. The molecule has 8 nitrogen and oxygen atoms in total. The number of urea groups is 1. The number of fused-ring (bicyclic) bond motifs is 1. The summed E-state index contributed by atoms with van der Waals surface area (Å²) in [6, 6.07) is 19.5. The third-order valence-corrected chi connectivity index (χ3v) is 7.61. The minimum atomic E-state index is -4.01. The maximum atomic E-state index is 13.5. The van der Waals surface area contributed by atoms with E-state index in [2.05, 4.69) is 10.1 Å². The molecule has 3 aromatic rings. The molecule has 1 heterocycles. The van der Waals surface area contributed by atoms with E-state index < -0.39 is 10.0 Å². The van der Waals surface area contributed by atoms with E-state index in [1.165, 1.54) is 11.9 Å². The van der Waals surface area contributed by atoms with E-state index in [1.54, 1.807) is 23.1 Å². The van der Waals surface area contributed by atoms with Gasteiger partial charge >= 0.3 is 6.03 Å². The molecule has 1 saturated heterocycles. The van der Waals surface area contributed by atoms with Crippen LogP contribution in [0.5, 0.6) is 0 Å². The summed E-state index contributed by atoms with van der Waals surface area (Å²) in [5.74, 6) is -0.114. The van der Waals surface area contributed by atoms with Crippen molar-refractivity contribution < 1.29 is 18.0 Å². The van der Waals surface area contributed by atoms with Crippen LogP contribution in [0.15, 0.2) is 71.6 Å². The molecule has 1 aliphatic rings.